The van der Waals surface area contributed by atoms with E-state index in [0.717, 1.165) is 51.0 Å². The van der Waals surface area contributed by atoms with E-state index in [-0.39, 0.29) is 18.6 Å². The number of aromatic nitrogens is 2. The van der Waals surface area contributed by atoms with Gasteiger partial charge in [-0.15, -0.1) is 0 Å². The minimum Gasteiger partial charge on any atom is -0.396 e. The van der Waals surface area contributed by atoms with Gasteiger partial charge in [0.2, 0.25) is 5.91 Å². The van der Waals surface area contributed by atoms with E-state index in [0.29, 0.717) is 5.92 Å². The number of nitrogens with zero attached hydrogens (tertiary/aromatic N) is 4. The van der Waals surface area contributed by atoms with Gasteiger partial charge < -0.3 is 10.0 Å². The van der Waals surface area contributed by atoms with Crippen LogP contribution in [0.15, 0.2) is 12.4 Å². The first-order valence-electron chi connectivity index (χ1n) is 7.84. The number of aliphatic hydroxyl groups is 1. The monoisotopic (exact) mass is 292 g/mol. The maximum absolute atomic E-state index is 12.8. The molecule has 2 atom stereocenters. The van der Waals surface area contributed by atoms with Gasteiger partial charge in [0.15, 0.2) is 0 Å². The van der Waals surface area contributed by atoms with Gasteiger partial charge in [-0.25, -0.2) is 0 Å². The van der Waals surface area contributed by atoms with Gasteiger partial charge in [0, 0.05) is 32.9 Å². The summed E-state index contributed by atoms with van der Waals surface area (Å²) < 4.78 is 1.73. The standard InChI is InChI=1S/C15H24N4O2/c1-17-10-13(8-16-17)19-7-3-5-14(15(19)21)18-6-2-4-12(9-18)11-20/h8,10,12,14,20H,2-7,9,11H2,1H3. The van der Waals surface area contributed by atoms with Crippen LogP contribution < -0.4 is 4.90 Å². The van der Waals surface area contributed by atoms with Crippen molar-refractivity contribution in [3.05, 3.63) is 12.4 Å². The summed E-state index contributed by atoms with van der Waals surface area (Å²) in [6.45, 7) is 2.81. The Labute approximate surface area is 125 Å². The van der Waals surface area contributed by atoms with Crippen molar-refractivity contribution in [3.8, 4) is 0 Å². The number of likely N-dealkylation sites (tertiary alicyclic amines) is 1. The van der Waals surface area contributed by atoms with E-state index in [1.165, 1.54) is 0 Å². The molecule has 2 aliphatic heterocycles. The van der Waals surface area contributed by atoms with Gasteiger partial charge in [-0.1, -0.05) is 0 Å². The summed E-state index contributed by atoms with van der Waals surface area (Å²) in [6, 6.07) is -0.0340. The van der Waals surface area contributed by atoms with Crippen LogP contribution in [0.4, 0.5) is 5.69 Å². The zero-order valence-corrected chi connectivity index (χ0v) is 12.6. The first kappa shape index (κ1) is 14.5. The molecular formula is C15H24N4O2. The molecule has 1 aromatic heterocycles. The topological polar surface area (TPSA) is 61.6 Å². The molecule has 0 aromatic carbocycles. The molecule has 0 spiro atoms. The Balaban J connectivity index is 1.72. The summed E-state index contributed by atoms with van der Waals surface area (Å²) in [5, 5.41) is 13.5. The highest BCUT2D eigenvalue weighted by molar-refractivity contribution is 5.97. The van der Waals surface area contributed by atoms with Crippen molar-refractivity contribution >= 4 is 11.6 Å². The summed E-state index contributed by atoms with van der Waals surface area (Å²) >= 11 is 0. The smallest absolute Gasteiger partial charge is 0.244 e. The van der Waals surface area contributed by atoms with Gasteiger partial charge in [-0.2, -0.15) is 5.10 Å². The average molecular weight is 292 g/mol. The number of amides is 1. The van der Waals surface area contributed by atoms with Gasteiger partial charge in [0.1, 0.15) is 0 Å². The van der Waals surface area contributed by atoms with E-state index in [1.807, 2.05) is 18.1 Å². The Morgan fingerprint density at radius 2 is 2.14 bits per heavy atom. The molecule has 1 amide bonds. The number of rotatable bonds is 3. The second kappa shape index (κ2) is 6.15. The van der Waals surface area contributed by atoms with E-state index in [9.17, 15) is 9.90 Å². The normalized spacial score (nSPS) is 28.1. The van der Waals surface area contributed by atoms with Crippen molar-refractivity contribution in [2.24, 2.45) is 13.0 Å². The molecular weight excluding hydrogens is 268 g/mol. The highest BCUT2D eigenvalue weighted by atomic mass is 16.3. The predicted molar refractivity (Wildman–Crippen MR) is 80.0 cm³/mol. The van der Waals surface area contributed by atoms with Crippen LogP contribution >= 0.6 is 0 Å². The first-order chi connectivity index (χ1) is 10.2. The molecule has 3 heterocycles. The van der Waals surface area contributed by atoms with Crippen LogP contribution in [-0.2, 0) is 11.8 Å². The van der Waals surface area contributed by atoms with Crippen molar-refractivity contribution in [1.29, 1.82) is 0 Å². The first-order valence-corrected chi connectivity index (χ1v) is 7.84. The SMILES string of the molecule is Cn1cc(N2CCCC(N3CCCC(CO)C3)C2=O)cn1. The van der Waals surface area contributed by atoms with Gasteiger partial charge in [0.25, 0.3) is 0 Å². The molecule has 2 saturated heterocycles. The minimum atomic E-state index is -0.0340. The van der Waals surface area contributed by atoms with Crippen LogP contribution in [0.2, 0.25) is 0 Å². The zero-order valence-electron chi connectivity index (χ0n) is 12.6. The lowest BCUT2D eigenvalue weighted by atomic mass is 9.94. The van der Waals surface area contributed by atoms with Crippen molar-refractivity contribution in [2.45, 2.75) is 31.7 Å². The number of anilines is 1. The van der Waals surface area contributed by atoms with Crippen LogP contribution in [0.25, 0.3) is 0 Å². The molecule has 2 aliphatic rings. The fourth-order valence-electron chi connectivity index (χ4n) is 3.53. The molecule has 0 radical (unpaired) electrons. The molecule has 116 valence electrons. The summed E-state index contributed by atoms with van der Waals surface area (Å²) in [4.78, 5) is 17.0. The minimum absolute atomic E-state index is 0.0340. The molecule has 1 aromatic rings. The summed E-state index contributed by atoms with van der Waals surface area (Å²) in [7, 11) is 1.87. The lowest BCUT2D eigenvalue weighted by Crippen LogP contribution is -2.55. The van der Waals surface area contributed by atoms with Crippen LogP contribution in [0.3, 0.4) is 0 Å². The van der Waals surface area contributed by atoms with E-state index >= 15 is 0 Å². The maximum atomic E-state index is 12.8. The van der Waals surface area contributed by atoms with Gasteiger partial charge in [-0.05, 0) is 38.1 Å². The largest absolute Gasteiger partial charge is 0.396 e. The van der Waals surface area contributed by atoms with Crippen LogP contribution in [0.5, 0.6) is 0 Å². The molecule has 3 rings (SSSR count). The maximum Gasteiger partial charge on any atom is 0.244 e. The van der Waals surface area contributed by atoms with E-state index in [4.69, 9.17) is 0 Å². The molecule has 21 heavy (non-hydrogen) atoms. The molecule has 1 N–H and O–H groups in total. The molecule has 0 saturated carbocycles. The van der Waals surface area contributed by atoms with Gasteiger partial charge in [-0.3, -0.25) is 14.4 Å². The predicted octanol–water partition coefficient (Wildman–Crippen LogP) is 0.620. The number of aliphatic hydroxyl groups excluding tert-OH is 1. The van der Waals surface area contributed by atoms with Crippen LogP contribution in [0, 0.1) is 5.92 Å². The third-order valence-corrected chi connectivity index (χ3v) is 4.66. The number of piperidine rings is 2. The summed E-state index contributed by atoms with van der Waals surface area (Å²) in [5.74, 6) is 0.508. The Hall–Kier alpha value is -1.40. The fraction of sp³-hybridized carbons (Fsp3) is 0.733. The molecule has 2 unspecified atom stereocenters. The highest BCUT2D eigenvalue weighted by Gasteiger charge is 2.36. The lowest BCUT2D eigenvalue weighted by Gasteiger charge is -2.41. The number of hydrogen-bond acceptors (Lipinski definition) is 4. The molecule has 6 nitrogen and oxygen atoms in total. The van der Waals surface area contributed by atoms with Crippen LogP contribution in [0.1, 0.15) is 25.7 Å². The van der Waals surface area contributed by atoms with Gasteiger partial charge >= 0.3 is 0 Å². The Morgan fingerprint density at radius 3 is 2.86 bits per heavy atom. The van der Waals surface area contributed by atoms with Crippen LogP contribution in [-0.4, -0.2) is 58.0 Å². The van der Waals surface area contributed by atoms with Crippen molar-refractivity contribution in [3.63, 3.8) is 0 Å². The quantitative estimate of drug-likeness (QED) is 0.887. The highest BCUT2D eigenvalue weighted by Crippen LogP contribution is 2.26. The third-order valence-electron chi connectivity index (χ3n) is 4.66. The molecule has 6 heteroatoms. The number of carbonyl (C=O) groups is 1. The van der Waals surface area contributed by atoms with E-state index < -0.39 is 0 Å². The number of aryl methyl sites for hydroxylation is 1. The van der Waals surface area contributed by atoms with E-state index in [1.54, 1.807) is 10.9 Å². The second-order valence-electron chi connectivity index (χ2n) is 6.21. The summed E-state index contributed by atoms with van der Waals surface area (Å²) in [5.41, 5.74) is 0.892. The number of hydrogen-bond donors (Lipinski definition) is 1. The van der Waals surface area contributed by atoms with Crippen molar-refractivity contribution in [1.82, 2.24) is 14.7 Å². The van der Waals surface area contributed by atoms with E-state index in [2.05, 4.69) is 10.00 Å². The fourth-order valence-corrected chi connectivity index (χ4v) is 3.53. The van der Waals surface area contributed by atoms with Gasteiger partial charge in [0.05, 0.1) is 17.9 Å². The Bertz CT molecular complexity index is 502. The molecule has 0 aliphatic carbocycles. The Morgan fingerprint density at radius 1 is 1.33 bits per heavy atom. The molecule has 0 bridgehead atoms. The van der Waals surface area contributed by atoms with Crippen molar-refractivity contribution < 1.29 is 9.90 Å². The lowest BCUT2D eigenvalue weighted by molar-refractivity contribution is -0.126. The number of carbonyl (C=O) groups excluding carboxylic acids is 1. The Kier molecular flexibility index (Phi) is 4.26. The third kappa shape index (κ3) is 2.96. The van der Waals surface area contributed by atoms with Crippen molar-refractivity contribution in [2.75, 3.05) is 31.1 Å². The average Bonchev–Trinajstić information content (AvgIpc) is 2.94. The zero-order chi connectivity index (χ0) is 14.8. The second-order valence-corrected chi connectivity index (χ2v) is 6.21. The molecule has 2 fully saturated rings. The summed E-state index contributed by atoms with van der Waals surface area (Å²) in [6.07, 6.45) is 7.74.